The molecule has 0 spiro atoms. The first-order valence-corrected chi connectivity index (χ1v) is 15.7. The van der Waals surface area contributed by atoms with Gasteiger partial charge in [-0.25, -0.2) is 9.78 Å². The molecule has 4 aromatic rings. The van der Waals surface area contributed by atoms with Crippen molar-refractivity contribution in [2.24, 2.45) is 7.05 Å². The van der Waals surface area contributed by atoms with Gasteiger partial charge in [0.15, 0.2) is 0 Å². The third-order valence-corrected chi connectivity index (χ3v) is 7.89. The molecular formula is C34H41N10O+. The molecule has 0 atom stereocenters. The lowest BCUT2D eigenvalue weighted by Crippen LogP contribution is -2.34. The van der Waals surface area contributed by atoms with E-state index in [2.05, 4.69) is 44.0 Å². The van der Waals surface area contributed by atoms with Crippen molar-refractivity contribution in [1.29, 1.82) is 5.26 Å². The fraction of sp³-hybridized carbons (Fsp3) is 0.382. The van der Waals surface area contributed by atoms with Crippen molar-refractivity contribution < 1.29 is 9.37 Å². The highest BCUT2D eigenvalue weighted by molar-refractivity contribution is 5.86. The van der Waals surface area contributed by atoms with Crippen LogP contribution in [0.25, 0.3) is 11.1 Å². The molecule has 0 bridgehead atoms. The van der Waals surface area contributed by atoms with E-state index in [1.807, 2.05) is 55.7 Å². The molecule has 0 aliphatic heterocycles. The van der Waals surface area contributed by atoms with Crippen molar-refractivity contribution >= 4 is 29.3 Å². The lowest BCUT2D eigenvalue weighted by atomic mass is 9.93. The van der Waals surface area contributed by atoms with Crippen LogP contribution in [0.2, 0.25) is 0 Å². The number of unbranched alkanes of at least 4 members (excludes halogenated alkanes) is 1. The highest BCUT2D eigenvalue weighted by Crippen LogP contribution is 2.25. The number of aromatic nitrogens is 5. The molecule has 1 aromatic carbocycles. The number of carbonyl (C=O) groups is 1. The standard InChI is InChI=1S/C34H40N10O/c1-3-10-30(15-7-8-18-36-33-38-22-27(19-35)32(42-33)41-29-13-9-14-29)44(34(45)39-20-25-11-5-4-6-12-25)31-17-16-26(21-37-31)28-23-40-43(2)24-28/h4-6,11-12,16-17,21-24,29H,3,7-10,13-15,18,20H2,1-2H3,(H2-,36,38,39,41,42,45)/p+1/b44-30+. The molecule has 11 nitrogen and oxygen atoms in total. The van der Waals surface area contributed by atoms with Crippen molar-refractivity contribution in [2.45, 2.75) is 70.9 Å². The third kappa shape index (κ3) is 8.50. The van der Waals surface area contributed by atoms with Crippen LogP contribution in [-0.2, 0) is 13.6 Å². The van der Waals surface area contributed by atoms with Crippen LogP contribution >= 0.6 is 0 Å². The summed E-state index contributed by atoms with van der Waals surface area (Å²) in [5.41, 5.74) is 4.42. The summed E-state index contributed by atoms with van der Waals surface area (Å²) < 4.78 is 3.50. The molecule has 1 aliphatic carbocycles. The van der Waals surface area contributed by atoms with Crippen molar-refractivity contribution in [1.82, 2.24) is 30.0 Å². The Balaban J connectivity index is 1.28. The smallest absolute Gasteiger partial charge is 0.366 e. The predicted molar refractivity (Wildman–Crippen MR) is 175 cm³/mol. The summed E-state index contributed by atoms with van der Waals surface area (Å²) in [4.78, 5) is 27.3. The first-order chi connectivity index (χ1) is 22.0. The van der Waals surface area contributed by atoms with Gasteiger partial charge in [0.1, 0.15) is 23.6 Å². The highest BCUT2D eigenvalue weighted by atomic mass is 16.2. The first-order valence-electron chi connectivity index (χ1n) is 15.7. The van der Waals surface area contributed by atoms with Gasteiger partial charge in [-0.2, -0.15) is 19.9 Å². The van der Waals surface area contributed by atoms with Crippen LogP contribution in [0.4, 0.5) is 22.4 Å². The topological polar surface area (TPSA) is 136 Å². The number of hydrogen-bond acceptors (Lipinski definition) is 8. The molecule has 0 unspecified atom stereocenters. The quantitative estimate of drug-likeness (QED) is 0.0880. The van der Waals surface area contributed by atoms with E-state index < -0.39 is 0 Å². The van der Waals surface area contributed by atoms with Gasteiger partial charge < -0.3 is 10.6 Å². The van der Waals surface area contributed by atoms with Crippen LogP contribution < -0.4 is 16.0 Å². The lowest BCUT2D eigenvalue weighted by Gasteiger charge is -2.27. The van der Waals surface area contributed by atoms with Gasteiger partial charge in [0.05, 0.1) is 24.7 Å². The van der Waals surface area contributed by atoms with Crippen LogP contribution in [0.1, 0.15) is 69.4 Å². The Morgan fingerprint density at radius 1 is 1.04 bits per heavy atom. The van der Waals surface area contributed by atoms with Crippen molar-refractivity contribution in [3.05, 3.63) is 78.4 Å². The number of rotatable bonds is 14. The number of aryl methyl sites for hydroxylation is 1. The van der Waals surface area contributed by atoms with E-state index >= 15 is 0 Å². The number of pyridine rings is 1. The lowest BCUT2D eigenvalue weighted by molar-refractivity contribution is -0.342. The molecule has 3 aromatic heterocycles. The molecule has 45 heavy (non-hydrogen) atoms. The zero-order valence-corrected chi connectivity index (χ0v) is 26.0. The molecule has 1 aliphatic rings. The first kappa shape index (κ1) is 31.3. The molecule has 2 amide bonds. The largest absolute Gasteiger partial charge is 0.441 e. The van der Waals surface area contributed by atoms with Gasteiger partial charge in [-0.15, -0.1) is 4.98 Å². The number of anilines is 2. The van der Waals surface area contributed by atoms with Crippen molar-refractivity contribution in [3.8, 4) is 17.2 Å². The molecule has 1 fully saturated rings. The SMILES string of the molecule is CCC/C(CCCCNc1ncc(C#N)c(NC2CCC2)n1)=[N+](\C(=O)NCc1ccccc1)c1ccc(-c2cnn(C)c2)cn1. The molecule has 5 rings (SSSR count). The van der Waals surface area contributed by atoms with E-state index in [4.69, 9.17) is 4.98 Å². The fourth-order valence-electron chi connectivity index (χ4n) is 5.22. The van der Waals surface area contributed by atoms with Gasteiger partial charge in [-0.05, 0) is 63.0 Å². The molecular weight excluding hydrogens is 564 g/mol. The van der Waals surface area contributed by atoms with Crippen LogP contribution in [0, 0.1) is 11.3 Å². The number of nitrogens with zero attached hydrogens (tertiary/aromatic N) is 7. The van der Waals surface area contributed by atoms with Crippen LogP contribution in [0.15, 0.2) is 67.3 Å². The minimum atomic E-state index is -0.195. The highest BCUT2D eigenvalue weighted by Gasteiger charge is 2.23. The van der Waals surface area contributed by atoms with Crippen LogP contribution in [0.3, 0.4) is 0 Å². The second-order valence-corrected chi connectivity index (χ2v) is 11.3. The van der Waals surface area contributed by atoms with Crippen LogP contribution in [0.5, 0.6) is 0 Å². The average Bonchev–Trinajstić information content (AvgIpc) is 3.48. The van der Waals surface area contributed by atoms with Gasteiger partial charge in [-0.1, -0.05) is 37.3 Å². The minimum Gasteiger partial charge on any atom is -0.366 e. The van der Waals surface area contributed by atoms with E-state index in [1.165, 1.54) is 6.42 Å². The van der Waals surface area contributed by atoms with E-state index in [1.54, 1.807) is 27.8 Å². The average molecular weight is 606 g/mol. The van der Waals surface area contributed by atoms with E-state index in [9.17, 15) is 10.1 Å². The van der Waals surface area contributed by atoms with Gasteiger partial charge in [0.25, 0.3) is 5.82 Å². The molecule has 0 radical (unpaired) electrons. The Labute approximate surface area is 264 Å². The number of hydrogen-bond donors (Lipinski definition) is 3. The number of nitriles is 1. The normalized spacial score (nSPS) is 13.4. The summed E-state index contributed by atoms with van der Waals surface area (Å²) in [5, 5.41) is 23.5. The van der Waals surface area contributed by atoms with E-state index in [-0.39, 0.29) is 6.03 Å². The summed E-state index contributed by atoms with van der Waals surface area (Å²) in [6.45, 7) is 3.22. The Morgan fingerprint density at radius 2 is 1.89 bits per heavy atom. The van der Waals surface area contributed by atoms with Gasteiger partial charge in [0.2, 0.25) is 5.95 Å². The van der Waals surface area contributed by atoms with Crippen molar-refractivity contribution in [2.75, 3.05) is 17.2 Å². The molecule has 0 saturated heterocycles. The number of amides is 2. The number of nitrogens with one attached hydrogen (secondary N) is 3. The minimum absolute atomic E-state index is 0.195. The van der Waals surface area contributed by atoms with E-state index in [0.717, 1.165) is 67.3 Å². The second kappa shape index (κ2) is 15.6. The Bertz CT molecular complexity index is 1640. The predicted octanol–water partition coefficient (Wildman–Crippen LogP) is 6.19. The molecule has 1 saturated carbocycles. The molecule has 3 N–H and O–H groups in total. The summed E-state index contributed by atoms with van der Waals surface area (Å²) in [6, 6.07) is 16.1. The second-order valence-electron chi connectivity index (χ2n) is 11.3. The van der Waals surface area contributed by atoms with Crippen molar-refractivity contribution in [3.63, 3.8) is 0 Å². The maximum atomic E-state index is 13.7. The molecule has 232 valence electrons. The molecule has 3 heterocycles. The Morgan fingerprint density at radius 3 is 2.56 bits per heavy atom. The third-order valence-electron chi connectivity index (χ3n) is 7.89. The maximum Gasteiger partial charge on any atom is 0.441 e. The van der Waals surface area contributed by atoms with Gasteiger partial charge in [0, 0.05) is 43.0 Å². The Kier molecular flexibility index (Phi) is 10.8. The summed E-state index contributed by atoms with van der Waals surface area (Å²) in [7, 11) is 1.88. The molecule has 11 heteroatoms. The summed E-state index contributed by atoms with van der Waals surface area (Å²) in [6.07, 6.45) is 14.6. The fourth-order valence-corrected chi connectivity index (χ4v) is 5.22. The number of carbonyl (C=O) groups excluding carboxylic acids is 1. The van der Waals surface area contributed by atoms with Gasteiger partial charge >= 0.3 is 6.03 Å². The van der Waals surface area contributed by atoms with E-state index in [0.29, 0.717) is 42.3 Å². The monoisotopic (exact) mass is 605 g/mol. The summed E-state index contributed by atoms with van der Waals surface area (Å²) >= 11 is 0. The van der Waals surface area contributed by atoms with Crippen LogP contribution in [-0.4, -0.2) is 53.6 Å². The number of benzene rings is 1. The zero-order chi connectivity index (χ0) is 31.4. The zero-order valence-electron chi connectivity index (χ0n) is 26.0. The Hall–Kier alpha value is -5.11. The van der Waals surface area contributed by atoms with Gasteiger partial charge in [-0.3, -0.25) is 10.00 Å². The maximum absolute atomic E-state index is 13.7. The summed E-state index contributed by atoms with van der Waals surface area (Å²) in [5.74, 6) is 1.69. The number of urea groups is 1.